The molecule has 0 spiro atoms. The van der Waals surface area contributed by atoms with E-state index in [0.29, 0.717) is 15.9 Å². The lowest BCUT2D eigenvalue weighted by Gasteiger charge is -2.06. The number of rotatable bonds is 5. The van der Waals surface area contributed by atoms with Crippen molar-refractivity contribution in [1.82, 2.24) is 0 Å². The fraction of sp³-hybridized carbons (Fsp3) is 1.00. The Hall–Kier alpha value is 0.690. The van der Waals surface area contributed by atoms with Gasteiger partial charge in [-0.1, -0.05) is 48.8 Å². The minimum atomic E-state index is 0.398. The molecule has 2 atom stereocenters. The molecule has 1 saturated carbocycles. The molecule has 0 amide bonds. The average molecular weight is 268 g/mol. The molecule has 1 aliphatic rings. The van der Waals surface area contributed by atoms with Crippen LogP contribution in [-0.4, -0.2) is 15.1 Å². The third kappa shape index (κ3) is 2.58. The molecule has 0 aliphatic heterocycles. The summed E-state index contributed by atoms with van der Waals surface area (Å²) in [5, 5.41) is 8.89. The normalized spacial score (nSPS) is 35.7. The van der Waals surface area contributed by atoms with E-state index in [2.05, 4.69) is 29.5 Å². The SMILES string of the molecule is CCCCC[C@@]1(I)C[C@@H]1CO. The number of hydrogen-bond donors (Lipinski definition) is 1. The Morgan fingerprint density at radius 2 is 2.27 bits per heavy atom. The molecule has 0 aromatic carbocycles. The molecule has 0 bridgehead atoms. The quantitative estimate of drug-likeness (QED) is 0.462. The number of halogens is 1. The zero-order chi connectivity index (χ0) is 8.32. The van der Waals surface area contributed by atoms with Crippen LogP contribution in [0.4, 0.5) is 0 Å². The molecule has 66 valence electrons. The summed E-state index contributed by atoms with van der Waals surface area (Å²) in [6.07, 6.45) is 6.55. The molecule has 1 aliphatic carbocycles. The van der Waals surface area contributed by atoms with E-state index in [-0.39, 0.29) is 0 Å². The molecule has 0 unspecified atom stereocenters. The average Bonchev–Trinajstić information content (AvgIpc) is 2.63. The topological polar surface area (TPSA) is 20.2 Å². The molecule has 11 heavy (non-hydrogen) atoms. The Balaban J connectivity index is 2.08. The van der Waals surface area contributed by atoms with Crippen molar-refractivity contribution in [2.24, 2.45) is 5.92 Å². The maximum absolute atomic E-state index is 8.89. The minimum absolute atomic E-state index is 0.398. The summed E-state index contributed by atoms with van der Waals surface area (Å²) in [4.78, 5) is 0. The predicted molar refractivity (Wildman–Crippen MR) is 56.1 cm³/mol. The van der Waals surface area contributed by atoms with Gasteiger partial charge in [-0.3, -0.25) is 0 Å². The molecule has 0 heterocycles. The molecule has 1 nitrogen and oxygen atoms in total. The van der Waals surface area contributed by atoms with Crippen LogP contribution in [0.5, 0.6) is 0 Å². The number of aliphatic hydroxyl groups is 1. The van der Waals surface area contributed by atoms with Crippen LogP contribution in [0.15, 0.2) is 0 Å². The van der Waals surface area contributed by atoms with Crippen molar-refractivity contribution >= 4 is 22.6 Å². The van der Waals surface area contributed by atoms with Gasteiger partial charge in [0.1, 0.15) is 0 Å². The van der Waals surface area contributed by atoms with Crippen LogP contribution < -0.4 is 0 Å². The highest BCUT2D eigenvalue weighted by Crippen LogP contribution is 2.54. The third-order valence-electron chi connectivity index (χ3n) is 2.57. The van der Waals surface area contributed by atoms with E-state index in [0.717, 1.165) is 0 Å². The van der Waals surface area contributed by atoms with Gasteiger partial charge in [-0.25, -0.2) is 0 Å². The maximum atomic E-state index is 8.89. The molecule has 1 fully saturated rings. The van der Waals surface area contributed by atoms with Crippen LogP contribution in [0.25, 0.3) is 0 Å². The van der Waals surface area contributed by atoms with Crippen molar-refractivity contribution < 1.29 is 5.11 Å². The van der Waals surface area contributed by atoms with Crippen molar-refractivity contribution in [3.8, 4) is 0 Å². The second-order valence-electron chi connectivity index (χ2n) is 3.58. The van der Waals surface area contributed by atoms with Gasteiger partial charge in [0.15, 0.2) is 0 Å². The van der Waals surface area contributed by atoms with Gasteiger partial charge in [0.25, 0.3) is 0 Å². The number of unbranched alkanes of at least 4 members (excludes halogenated alkanes) is 2. The van der Waals surface area contributed by atoms with Gasteiger partial charge in [0, 0.05) is 10.0 Å². The summed E-state index contributed by atoms with van der Waals surface area (Å²) in [7, 11) is 0. The van der Waals surface area contributed by atoms with Crippen LogP contribution in [0.1, 0.15) is 39.0 Å². The summed E-state index contributed by atoms with van der Waals surface area (Å²) in [6.45, 7) is 2.63. The van der Waals surface area contributed by atoms with Crippen molar-refractivity contribution in [1.29, 1.82) is 0 Å². The largest absolute Gasteiger partial charge is 0.396 e. The standard InChI is InChI=1S/C9H17IO/c1-2-3-4-5-9(10)6-8(9)7-11/h8,11H,2-7H2,1H3/t8-,9-/m1/s1. The molecule has 0 radical (unpaired) electrons. The van der Waals surface area contributed by atoms with E-state index in [1.807, 2.05) is 0 Å². The fourth-order valence-electron chi connectivity index (χ4n) is 1.55. The monoisotopic (exact) mass is 268 g/mol. The van der Waals surface area contributed by atoms with Crippen LogP contribution in [0.3, 0.4) is 0 Å². The van der Waals surface area contributed by atoms with Crippen LogP contribution >= 0.6 is 22.6 Å². The van der Waals surface area contributed by atoms with Crippen molar-refractivity contribution in [2.45, 2.75) is 42.4 Å². The molecule has 0 aromatic heterocycles. The van der Waals surface area contributed by atoms with E-state index < -0.39 is 0 Å². The first kappa shape index (κ1) is 9.78. The Kier molecular flexibility index (Phi) is 3.62. The van der Waals surface area contributed by atoms with E-state index in [9.17, 15) is 0 Å². The Morgan fingerprint density at radius 1 is 1.55 bits per heavy atom. The smallest absolute Gasteiger partial charge is 0.0472 e. The van der Waals surface area contributed by atoms with Crippen LogP contribution in [0.2, 0.25) is 0 Å². The number of hydrogen-bond acceptors (Lipinski definition) is 1. The second kappa shape index (κ2) is 4.08. The van der Waals surface area contributed by atoms with Gasteiger partial charge < -0.3 is 5.11 Å². The first-order valence-corrected chi connectivity index (χ1v) is 5.60. The predicted octanol–water partition coefficient (Wildman–Crippen LogP) is 2.75. The van der Waals surface area contributed by atoms with Gasteiger partial charge in [-0.15, -0.1) is 0 Å². The molecule has 1 rings (SSSR count). The van der Waals surface area contributed by atoms with E-state index >= 15 is 0 Å². The van der Waals surface area contributed by atoms with Gasteiger partial charge >= 0.3 is 0 Å². The lowest BCUT2D eigenvalue weighted by molar-refractivity contribution is 0.271. The van der Waals surface area contributed by atoms with Crippen molar-refractivity contribution in [2.75, 3.05) is 6.61 Å². The van der Waals surface area contributed by atoms with E-state index in [4.69, 9.17) is 5.11 Å². The number of alkyl halides is 1. The maximum Gasteiger partial charge on any atom is 0.0472 e. The number of aliphatic hydroxyl groups excluding tert-OH is 1. The first-order chi connectivity index (χ1) is 5.23. The summed E-state index contributed by atoms with van der Waals surface area (Å²) in [6, 6.07) is 0. The van der Waals surface area contributed by atoms with Crippen LogP contribution in [-0.2, 0) is 0 Å². The Morgan fingerprint density at radius 3 is 2.73 bits per heavy atom. The minimum Gasteiger partial charge on any atom is -0.396 e. The second-order valence-corrected chi connectivity index (χ2v) is 5.72. The summed E-state index contributed by atoms with van der Waals surface area (Å²) >= 11 is 2.53. The van der Waals surface area contributed by atoms with Gasteiger partial charge in [-0.05, 0) is 18.8 Å². The van der Waals surface area contributed by atoms with Crippen molar-refractivity contribution in [3.05, 3.63) is 0 Å². The third-order valence-corrected chi connectivity index (χ3v) is 4.43. The highest BCUT2D eigenvalue weighted by atomic mass is 127. The lowest BCUT2D eigenvalue weighted by atomic mass is 10.1. The highest BCUT2D eigenvalue weighted by Gasteiger charge is 2.50. The summed E-state index contributed by atoms with van der Waals surface area (Å²) < 4.78 is 0.488. The molecule has 0 saturated heterocycles. The zero-order valence-electron chi connectivity index (χ0n) is 7.15. The van der Waals surface area contributed by atoms with Gasteiger partial charge in [0.05, 0.1) is 0 Å². The molecule has 1 N–H and O–H groups in total. The highest BCUT2D eigenvalue weighted by molar-refractivity contribution is 14.1. The molecule has 2 heteroatoms. The van der Waals surface area contributed by atoms with Gasteiger partial charge in [-0.2, -0.15) is 0 Å². The summed E-state index contributed by atoms with van der Waals surface area (Å²) in [5.41, 5.74) is 0. The summed E-state index contributed by atoms with van der Waals surface area (Å²) in [5.74, 6) is 0.611. The zero-order valence-corrected chi connectivity index (χ0v) is 9.30. The fourth-order valence-corrected chi connectivity index (χ4v) is 2.66. The molecular weight excluding hydrogens is 251 g/mol. The van der Waals surface area contributed by atoms with E-state index in [1.54, 1.807) is 0 Å². The lowest BCUT2D eigenvalue weighted by Crippen LogP contribution is -2.03. The molecule has 0 aromatic rings. The van der Waals surface area contributed by atoms with Crippen molar-refractivity contribution in [3.63, 3.8) is 0 Å². The first-order valence-electron chi connectivity index (χ1n) is 4.52. The van der Waals surface area contributed by atoms with Gasteiger partial charge in [0.2, 0.25) is 0 Å². The van der Waals surface area contributed by atoms with Crippen LogP contribution in [0, 0.1) is 5.92 Å². The Labute approximate surface area is 82.7 Å². The molecular formula is C9H17IO. The Bertz CT molecular complexity index is 127. The van der Waals surface area contributed by atoms with E-state index in [1.165, 1.54) is 32.1 Å².